The Labute approximate surface area is 157 Å². The minimum Gasteiger partial charge on any atom is -0.362 e. The number of benzene rings is 2. The first-order valence-corrected chi connectivity index (χ1v) is 9.11. The lowest BCUT2D eigenvalue weighted by atomic mass is 9.85. The van der Waals surface area contributed by atoms with Crippen molar-refractivity contribution in [3.8, 4) is 0 Å². The van der Waals surface area contributed by atoms with E-state index >= 15 is 0 Å². The van der Waals surface area contributed by atoms with E-state index in [1.807, 2.05) is 34.7 Å². The molecule has 2 aromatic rings. The predicted octanol–water partition coefficient (Wildman–Crippen LogP) is 3.27. The number of halogens is 1. The summed E-state index contributed by atoms with van der Waals surface area (Å²) in [4.78, 5) is 16.9. The second-order valence-electron chi connectivity index (χ2n) is 7.17. The number of likely N-dealkylation sites (tertiary alicyclic amines) is 1. The largest absolute Gasteiger partial charge is 0.362 e. The highest BCUT2D eigenvalue weighted by molar-refractivity contribution is 5.95. The molecule has 0 aliphatic carbocycles. The average Bonchev–Trinajstić information content (AvgIpc) is 3.10. The third-order valence-electron chi connectivity index (χ3n) is 5.51. The summed E-state index contributed by atoms with van der Waals surface area (Å²) in [6.07, 6.45) is 5.44. The molecule has 2 heterocycles. The molecule has 140 valence electrons. The molecule has 0 aromatic heterocycles. The van der Waals surface area contributed by atoms with E-state index in [2.05, 4.69) is 11.0 Å². The highest BCUT2D eigenvalue weighted by atomic mass is 19.1. The van der Waals surface area contributed by atoms with Gasteiger partial charge < -0.3 is 9.80 Å². The Morgan fingerprint density at radius 1 is 1.15 bits per heavy atom. The summed E-state index contributed by atoms with van der Waals surface area (Å²) in [5.41, 5.74) is 4.64. The highest BCUT2D eigenvalue weighted by Crippen LogP contribution is 2.42. The molecule has 4 rings (SSSR count). The summed E-state index contributed by atoms with van der Waals surface area (Å²) >= 11 is 0. The number of rotatable bonds is 4. The van der Waals surface area contributed by atoms with Crippen molar-refractivity contribution >= 4 is 17.7 Å². The van der Waals surface area contributed by atoms with E-state index in [1.54, 1.807) is 0 Å². The van der Waals surface area contributed by atoms with Gasteiger partial charge in [-0.05, 0) is 54.8 Å². The van der Waals surface area contributed by atoms with Crippen molar-refractivity contribution in [3.05, 3.63) is 71.7 Å². The number of carbonyl (C=O) groups excluding carboxylic acids is 1. The van der Waals surface area contributed by atoms with Gasteiger partial charge in [0.25, 0.3) is 5.91 Å². The van der Waals surface area contributed by atoms with Crippen molar-refractivity contribution in [1.82, 2.24) is 10.4 Å². The van der Waals surface area contributed by atoms with E-state index < -0.39 is 0 Å². The van der Waals surface area contributed by atoms with Crippen LogP contribution in [0.4, 0.5) is 10.1 Å². The maximum atomic E-state index is 13.1. The Hall–Kier alpha value is -2.86. The van der Waals surface area contributed by atoms with Crippen molar-refractivity contribution < 1.29 is 14.4 Å². The SMILES string of the molecule is O=C(c1ccc(F)cc1)N1CC2(CCCN2c2ccccc2/C=C/NO)C1. The molecule has 1 amide bonds. The van der Waals surface area contributed by atoms with Gasteiger partial charge in [-0.25, -0.2) is 4.39 Å². The van der Waals surface area contributed by atoms with Gasteiger partial charge in [0.1, 0.15) is 5.82 Å². The predicted molar refractivity (Wildman–Crippen MR) is 102 cm³/mol. The maximum absolute atomic E-state index is 13.1. The summed E-state index contributed by atoms with van der Waals surface area (Å²) in [5, 5.41) is 8.85. The summed E-state index contributed by atoms with van der Waals surface area (Å²) in [6, 6.07) is 13.8. The fraction of sp³-hybridized carbons (Fsp3) is 0.286. The molecular formula is C21H22FN3O2. The smallest absolute Gasteiger partial charge is 0.254 e. The van der Waals surface area contributed by atoms with Crippen molar-refractivity contribution in [2.75, 3.05) is 24.5 Å². The van der Waals surface area contributed by atoms with Gasteiger partial charge in [-0.3, -0.25) is 15.5 Å². The van der Waals surface area contributed by atoms with Crippen LogP contribution in [0.1, 0.15) is 28.8 Å². The first kappa shape index (κ1) is 17.5. The van der Waals surface area contributed by atoms with E-state index in [1.165, 1.54) is 30.5 Å². The normalized spacial score (nSPS) is 18.1. The zero-order chi connectivity index (χ0) is 18.9. The number of nitrogens with one attached hydrogen (secondary N) is 1. The van der Waals surface area contributed by atoms with Crippen LogP contribution < -0.4 is 10.4 Å². The molecule has 0 atom stereocenters. The lowest BCUT2D eigenvalue weighted by Gasteiger charge is -2.53. The minimum atomic E-state index is -0.337. The number of amides is 1. The van der Waals surface area contributed by atoms with Crippen LogP contribution in [0, 0.1) is 5.82 Å². The van der Waals surface area contributed by atoms with Crippen molar-refractivity contribution in [1.29, 1.82) is 0 Å². The van der Waals surface area contributed by atoms with Crippen LogP contribution >= 0.6 is 0 Å². The Kier molecular flexibility index (Phi) is 4.58. The molecule has 0 saturated carbocycles. The lowest BCUT2D eigenvalue weighted by Crippen LogP contribution is -2.69. The van der Waals surface area contributed by atoms with Gasteiger partial charge in [0.2, 0.25) is 0 Å². The van der Waals surface area contributed by atoms with E-state index in [4.69, 9.17) is 5.21 Å². The Morgan fingerprint density at radius 3 is 2.63 bits per heavy atom. The van der Waals surface area contributed by atoms with Gasteiger partial charge in [0.15, 0.2) is 0 Å². The van der Waals surface area contributed by atoms with Crippen LogP contribution in [-0.2, 0) is 0 Å². The second-order valence-corrected chi connectivity index (χ2v) is 7.17. The Balaban J connectivity index is 1.53. The number of para-hydroxylation sites is 1. The number of hydrogen-bond donors (Lipinski definition) is 2. The van der Waals surface area contributed by atoms with E-state index in [0.29, 0.717) is 18.7 Å². The van der Waals surface area contributed by atoms with E-state index in [9.17, 15) is 9.18 Å². The maximum Gasteiger partial charge on any atom is 0.254 e. The topological polar surface area (TPSA) is 55.8 Å². The van der Waals surface area contributed by atoms with Gasteiger partial charge >= 0.3 is 0 Å². The van der Waals surface area contributed by atoms with Crippen molar-refractivity contribution in [2.24, 2.45) is 0 Å². The van der Waals surface area contributed by atoms with Crippen molar-refractivity contribution in [3.63, 3.8) is 0 Å². The third kappa shape index (κ3) is 3.17. The van der Waals surface area contributed by atoms with Crippen molar-refractivity contribution in [2.45, 2.75) is 18.4 Å². The second kappa shape index (κ2) is 7.04. The quantitative estimate of drug-likeness (QED) is 0.815. The molecule has 6 heteroatoms. The molecule has 2 fully saturated rings. The fourth-order valence-corrected chi connectivity index (χ4v) is 4.23. The number of hydroxylamine groups is 1. The number of hydrogen-bond acceptors (Lipinski definition) is 4. The molecule has 2 saturated heterocycles. The number of nitrogens with zero attached hydrogens (tertiary/aromatic N) is 2. The molecule has 0 radical (unpaired) electrons. The van der Waals surface area contributed by atoms with Gasteiger partial charge in [0.05, 0.1) is 5.54 Å². The summed E-state index contributed by atoms with van der Waals surface area (Å²) in [6.45, 7) is 2.27. The van der Waals surface area contributed by atoms with Crippen LogP contribution in [0.5, 0.6) is 0 Å². The van der Waals surface area contributed by atoms with Crippen LogP contribution in [-0.4, -0.2) is 41.2 Å². The summed E-state index contributed by atoms with van der Waals surface area (Å²) < 4.78 is 13.1. The number of carbonyl (C=O) groups is 1. The molecule has 0 unspecified atom stereocenters. The first-order chi connectivity index (χ1) is 13.1. The van der Waals surface area contributed by atoms with Gasteiger partial charge in [0, 0.05) is 37.1 Å². The zero-order valence-corrected chi connectivity index (χ0v) is 14.9. The fourth-order valence-electron chi connectivity index (χ4n) is 4.23. The average molecular weight is 367 g/mol. The van der Waals surface area contributed by atoms with E-state index in [-0.39, 0.29) is 17.3 Å². The molecular weight excluding hydrogens is 345 g/mol. The van der Waals surface area contributed by atoms with Crippen LogP contribution in [0.15, 0.2) is 54.7 Å². The molecule has 0 bridgehead atoms. The first-order valence-electron chi connectivity index (χ1n) is 9.11. The molecule has 2 aliphatic rings. The van der Waals surface area contributed by atoms with Gasteiger partial charge in [-0.15, -0.1) is 0 Å². The highest BCUT2D eigenvalue weighted by Gasteiger charge is 2.52. The monoisotopic (exact) mass is 367 g/mol. The zero-order valence-electron chi connectivity index (χ0n) is 14.9. The summed E-state index contributed by atoms with van der Waals surface area (Å²) in [5.74, 6) is -0.388. The minimum absolute atomic E-state index is 0.0493. The van der Waals surface area contributed by atoms with Crippen LogP contribution in [0.3, 0.4) is 0 Å². The Morgan fingerprint density at radius 2 is 1.89 bits per heavy atom. The molecule has 5 nitrogen and oxygen atoms in total. The molecule has 2 aliphatic heterocycles. The van der Waals surface area contributed by atoms with Crippen LogP contribution in [0.2, 0.25) is 0 Å². The molecule has 1 spiro atoms. The number of anilines is 1. The Bertz CT molecular complexity index is 860. The van der Waals surface area contributed by atoms with Gasteiger partial charge in [-0.1, -0.05) is 18.2 Å². The molecule has 2 N–H and O–H groups in total. The molecule has 2 aromatic carbocycles. The third-order valence-corrected chi connectivity index (χ3v) is 5.51. The lowest BCUT2D eigenvalue weighted by molar-refractivity contribution is 0.0421. The summed E-state index contributed by atoms with van der Waals surface area (Å²) in [7, 11) is 0. The van der Waals surface area contributed by atoms with Gasteiger partial charge in [-0.2, -0.15) is 0 Å². The van der Waals surface area contributed by atoms with Crippen LogP contribution in [0.25, 0.3) is 6.08 Å². The standard InChI is InChI=1S/C21H22FN3O2/c22-18-8-6-17(7-9-18)20(26)24-14-21(15-24)11-3-13-25(21)19-5-2-1-4-16(19)10-12-23-27/h1-2,4-10,12,23,27H,3,11,13-15H2/b12-10+. The van der Waals surface area contributed by atoms with E-state index in [0.717, 1.165) is 30.6 Å². The molecule has 27 heavy (non-hydrogen) atoms.